The van der Waals surface area contributed by atoms with E-state index in [0.29, 0.717) is 0 Å². The van der Waals surface area contributed by atoms with Gasteiger partial charge in [0.25, 0.3) is 0 Å². The minimum atomic E-state index is 0.856. The molecule has 0 unspecified atom stereocenters. The van der Waals surface area contributed by atoms with Crippen molar-refractivity contribution in [3.05, 3.63) is 28.0 Å². The molecule has 1 aliphatic rings. The molecule has 0 aliphatic carbocycles. The molecule has 0 bridgehead atoms. The van der Waals surface area contributed by atoms with Crippen molar-refractivity contribution in [1.29, 1.82) is 0 Å². The number of anilines is 1. The molecule has 0 spiro atoms. The molecule has 0 atom stereocenters. The van der Waals surface area contributed by atoms with E-state index in [1.165, 1.54) is 0 Å². The van der Waals surface area contributed by atoms with Gasteiger partial charge in [0.05, 0.1) is 5.52 Å². The molecule has 2 aromatic rings. The fraction of sp³-hybridized carbons (Fsp3) is 0.333. The topological polar surface area (TPSA) is 41.1 Å². The third-order valence-corrected chi connectivity index (χ3v) is 3.77. The molecule has 2 heterocycles. The number of halogens is 1. The van der Waals surface area contributed by atoms with Gasteiger partial charge in [-0.25, -0.2) is 9.97 Å². The molecule has 1 aliphatic heterocycles. The first kappa shape index (κ1) is 11.2. The third-order valence-electron chi connectivity index (χ3n) is 2.94. The molecule has 0 saturated carbocycles. The second kappa shape index (κ2) is 4.73. The summed E-state index contributed by atoms with van der Waals surface area (Å²) in [5, 5.41) is 4.47. The van der Waals surface area contributed by atoms with Gasteiger partial charge in [-0.15, -0.1) is 0 Å². The van der Waals surface area contributed by atoms with Gasteiger partial charge in [-0.2, -0.15) is 0 Å². The van der Waals surface area contributed by atoms with E-state index in [1.54, 1.807) is 0 Å². The summed E-state index contributed by atoms with van der Waals surface area (Å²) in [6.45, 7) is 3.97. The van der Waals surface area contributed by atoms with E-state index in [1.807, 2.05) is 18.2 Å². The van der Waals surface area contributed by atoms with E-state index in [4.69, 9.17) is 0 Å². The number of fused-ring (bicyclic) bond motifs is 1. The van der Waals surface area contributed by atoms with Crippen molar-refractivity contribution in [2.45, 2.75) is 0 Å². The van der Waals surface area contributed by atoms with Crippen LogP contribution in [0.1, 0.15) is 0 Å². The molecular formula is C12H13IN4. The van der Waals surface area contributed by atoms with E-state index in [0.717, 1.165) is 46.7 Å². The number of rotatable bonds is 1. The Balaban J connectivity index is 2.05. The van der Waals surface area contributed by atoms with E-state index < -0.39 is 0 Å². The van der Waals surface area contributed by atoms with Gasteiger partial charge in [0, 0.05) is 31.6 Å². The van der Waals surface area contributed by atoms with Crippen molar-refractivity contribution in [2.75, 3.05) is 31.1 Å². The summed E-state index contributed by atoms with van der Waals surface area (Å²) in [5.74, 6) is 0.856. The summed E-state index contributed by atoms with van der Waals surface area (Å²) in [6, 6.07) is 8.16. The van der Waals surface area contributed by atoms with Gasteiger partial charge >= 0.3 is 0 Å². The molecule has 5 heteroatoms. The number of hydrogen-bond donors (Lipinski definition) is 1. The summed E-state index contributed by atoms with van der Waals surface area (Å²) in [4.78, 5) is 11.5. The van der Waals surface area contributed by atoms with Crippen molar-refractivity contribution in [2.24, 2.45) is 0 Å². The van der Waals surface area contributed by atoms with Gasteiger partial charge in [0.2, 0.25) is 5.95 Å². The lowest BCUT2D eigenvalue weighted by molar-refractivity contribution is 0.580. The molecule has 1 saturated heterocycles. The lowest BCUT2D eigenvalue weighted by atomic mass is 10.2. The molecule has 1 aromatic carbocycles. The monoisotopic (exact) mass is 340 g/mol. The van der Waals surface area contributed by atoms with E-state index >= 15 is 0 Å². The summed E-state index contributed by atoms with van der Waals surface area (Å²) in [7, 11) is 0. The zero-order chi connectivity index (χ0) is 11.7. The Morgan fingerprint density at radius 2 is 1.88 bits per heavy atom. The Bertz CT molecular complexity index is 537. The Morgan fingerprint density at radius 1 is 1.12 bits per heavy atom. The number of piperazine rings is 1. The van der Waals surface area contributed by atoms with Crippen molar-refractivity contribution in [3.63, 3.8) is 0 Å². The number of nitrogens with one attached hydrogen (secondary N) is 1. The number of aromatic nitrogens is 2. The van der Waals surface area contributed by atoms with Gasteiger partial charge in [-0.1, -0.05) is 18.2 Å². The minimum absolute atomic E-state index is 0.856. The highest BCUT2D eigenvalue weighted by atomic mass is 127. The SMILES string of the molecule is Ic1nc(N2CCNCC2)nc2ccccc12. The maximum Gasteiger partial charge on any atom is 0.227 e. The maximum atomic E-state index is 4.64. The quantitative estimate of drug-likeness (QED) is 0.633. The molecule has 1 N–H and O–H groups in total. The number of nitrogens with zero attached hydrogens (tertiary/aromatic N) is 3. The predicted molar refractivity (Wildman–Crippen MR) is 77.3 cm³/mol. The maximum absolute atomic E-state index is 4.64. The van der Waals surface area contributed by atoms with Crippen LogP contribution in [0.5, 0.6) is 0 Å². The van der Waals surface area contributed by atoms with Crippen LogP contribution in [0, 0.1) is 3.70 Å². The lowest BCUT2D eigenvalue weighted by Gasteiger charge is -2.27. The zero-order valence-electron chi connectivity index (χ0n) is 9.36. The minimum Gasteiger partial charge on any atom is -0.338 e. The van der Waals surface area contributed by atoms with Crippen LogP contribution in [0.2, 0.25) is 0 Å². The normalized spacial score (nSPS) is 16.4. The van der Waals surface area contributed by atoms with E-state index in [9.17, 15) is 0 Å². The Hall–Kier alpha value is -0.950. The molecule has 1 fully saturated rings. The number of hydrogen-bond acceptors (Lipinski definition) is 4. The number of benzene rings is 1. The van der Waals surface area contributed by atoms with Crippen LogP contribution in [-0.4, -0.2) is 36.1 Å². The summed E-state index contributed by atoms with van der Waals surface area (Å²) < 4.78 is 1.03. The van der Waals surface area contributed by atoms with Crippen LogP contribution in [-0.2, 0) is 0 Å². The second-order valence-corrected chi connectivity index (χ2v) is 5.09. The number of para-hydroxylation sites is 1. The highest BCUT2D eigenvalue weighted by Gasteiger charge is 2.14. The molecular weight excluding hydrogens is 327 g/mol. The third kappa shape index (κ3) is 2.21. The molecule has 17 heavy (non-hydrogen) atoms. The highest BCUT2D eigenvalue weighted by molar-refractivity contribution is 14.1. The molecule has 0 amide bonds. The molecule has 3 rings (SSSR count). The van der Waals surface area contributed by atoms with Crippen molar-refractivity contribution in [1.82, 2.24) is 15.3 Å². The first-order valence-corrected chi connectivity index (χ1v) is 6.80. The Kier molecular flexibility index (Phi) is 3.11. The summed E-state index contributed by atoms with van der Waals surface area (Å²) >= 11 is 2.29. The Morgan fingerprint density at radius 3 is 2.71 bits per heavy atom. The molecule has 1 aromatic heterocycles. The van der Waals surface area contributed by atoms with Gasteiger partial charge in [-0.05, 0) is 28.7 Å². The van der Waals surface area contributed by atoms with E-state index in [-0.39, 0.29) is 0 Å². The predicted octanol–water partition coefficient (Wildman–Crippen LogP) is 1.64. The average molecular weight is 340 g/mol. The molecule has 0 radical (unpaired) electrons. The van der Waals surface area contributed by atoms with Crippen LogP contribution < -0.4 is 10.2 Å². The Labute approximate surface area is 114 Å². The van der Waals surface area contributed by atoms with Crippen molar-refractivity contribution >= 4 is 39.4 Å². The largest absolute Gasteiger partial charge is 0.338 e. The fourth-order valence-electron chi connectivity index (χ4n) is 2.03. The van der Waals surface area contributed by atoms with Gasteiger partial charge in [-0.3, -0.25) is 0 Å². The molecule has 88 valence electrons. The standard InChI is InChI=1S/C12H13IN4/c13-11-9-3-1-2-4-10(9)15-12(16-11)17-7-5-14-6-8-17/h1-4,14H,5-8H2. The van der Waals surface area contributed by atoms with Gasteiger partial charge in [0.15, 0.2) is 0 Å². The first-order chi connectivity index (χ1) is 8.34. The van der Waals surface area contributed by atoms with Crippen LogP contribution >= 0.6 is 22.6 Å². The van der Waals surface area contributed by atoms with Gasteiger partial charge in [0.1, 0.15) is 3.70 Å². The smallest absolute Gasteiger partial charge is 0.227 e. The zero-order valence-corrected chi connectivity index (χ0v) is 11.5. The fourth-order valence-corrected chi connectivity index (χ4v) is 2.70. The van der Waals surface area contributed by atoms with Crippen LogP contribution in [0.15, 0.2) is 24.3 Å². The van der Waals surface area contributed by atoms with Crippen LogP contribution in [0.3, 0.4) is 0 Å². The summed E-state index contributed by atoms with van der Waals surface area (Å²) in [6.07, 6.45) is 0. The highest BCUT2D eigenvalue weighted by Crippen LogP contribution is 2.20. The second-order valence-electron chi connectivity index (χ2n) is 4.07. The van der Waals surface area contributed by atoms with Crippen LogP contribution in [0.4, 0.5) is 5.95 Å². The van der Waals surface area contributed by atoms with E-state index in [2.05, 4.69) is 48.8 Å². The van der Waals surface area contributed by atoms with Gasteiger partial charge < -0.3 is 10.2 Å². The first-order valence-electron chi connectivity index (χ1n) is 5.72. The van der Waals surface area contributed by atoms with Crippen molar-refractivity contribution in [3.8, 4) is 0 Å². The van der Waals surface area contributed by atoms with Crippen LogP contribution in [0.25, 0.3) is 10.9 Å². The lowest BCUT2D eigenvalue weighted by Crippen LogP contribution is -2.44. The summed E-state index contributed by atoms with van der Waals surface area (Å²) in [5.41, 5.74) is 1.03. The average Bonchev–Trinajstić information content (AvgIpc) is 2.40. The molecule has 4 nitrogen and oxygen atoms in total. The van der Waals surface area contributed by atoms with Crippen molar-refractivity contribution < 1.29 is 0 Å².